The minimum Gasteiger partial charge on any atom is -0.472 e. The third kappa shape index (κ3) is 4.44. The molecule has 1 aliphatic heterocycles. The number of ether oxygens (including phenoxy) is 1. The summed E-state index contributed by atoms with van der Waals surface area (Å²) in [5.74, 6) is 1.33. The molecule has 1 aliphatic rings. The SMILES string of the molecule is Cc1nccc(OC2CCN(C(=O)CSc3ccc(F)cc3)C2)n1. The first-order chi connectivity index (χ1) is 11.6. The Balaban J connectivity index is 1.48. The van der Waals surface area contributed by atoms with Crippen molar-refractivity contribution in [2.24, 2.45) is 0 Å². The highest BCUT2D eigenvalue weighted by atomic mass is 32.2. The van der Waals surface area contributed by atoms with Crippen LogP contribution in [0, 0.1) is 12.7 Å². The monoisotopic (exact) mass is 347 g/mol. The van der Waals surface area contributed by atoms with Crippen LogP contribution >= 0.6 is 11.8 Å². The van der Waals surface area contributed by atoms with Crippen LogP contribution in [-0.2, 0) is 4.79 Å². The fourth-order valence-electron chi connectivity index (χ4n) is 2.49. The standard InChI is InChI=1S/C17H18FN3O2S/c1-12-19-8-6-16(20-12)23-14-7-9-21(10-14)17(22)11-24-15-4-2-13(18)3-5-15/h2-6,8,14H,7,9-11H2,1H3. The van der Waals surface area contributed by atoms with Gasteiger partial charge in [0.1, 0.15) is 17.7 Å². The minimum atomic E-state index is -0.273. The Morgan fingerprint density at radius 2 is 2.17 bits per heavy atom. The molecule has 0 bridgehead atoms. The van der Waals surface area contributed by atoms with Gasteiger partial charge in [0.15, 0.2) is 0 Å². The van der Waals surface area contributed by atoms with E-state index in [1.165, 1.54) is 23.9 Å². The first-order valence-electron chi connectivity index (χ1n) is 7.72. The zero-order valence-electron chi connectivity index (χ0n) is 13.3. The average molecular weight is 347 g/mol. The molecule has 3 rings (SSSR count). The lowest BCUT2D eigenvalue weighted by Gasteiger charge is -2.17. The number of benzene rings is 1. The van der Waals surface area contributed by atoms with Gasteiger partial charge in [-0.3, -0.25) is 4.79 Å². The van der Waals surface area contributed by atoms with Crippen LogP contribution in [0.2, 0.25) is 0 Å². The Morgan fingerprint density at radius 3 is 2.92 bits per heavy atom. The lowest BCUT2D eigenvalue weighted by Crippen LogP contribution is -2.32. The molecule has 2 aromatic rings. The fraction of sp³-hybridized carbons (Fsp3) is 0.353. The maximum Gasteiger partial charge on any atom is 0.233 e. The molecule has 0 N–H and O–H groups in total. The summed E-state index contributed by atoms with van der Waals surface area (Å²) in [5.41, 5.74) is 0. The number of hydrogen-bond acceptors (Lipinski definition) is 5. The summed E-state index contributed by atoms with van der Waals surface area (Å²) in [7, 11) is 0. The van der Waals surface area contributed by atoms with Crippen molar-refractivity contribution in [2.45, 2.75) is 24.3 Å². The topological polar surface area (TPSA) is 55.3 Å². The molecular weight excluding hydrogens is 329 g/mol. The zero-order chi connectivity index (χ0) is 16.9. The van der Waals surface area contributed by atoms with Gasteiger partial charge in [0.25, 0.3) is 0 Å². The highest BCUT2D eigenvalue weighted by Gasteiger charge is 2.27. The minimum absolute atomic E-state index is 0.0425. The first kappa shape index (κ1) is 16.7. The summed E-state index contributed by atoms with van der Waals surface area (Å²) in [4.78, 5) is 23.2. The smallest absolute Gasteiger partial charge is 0.233 e. The molecule has 1 aromatic heterocycles. The van der Waals surface area contributed by atoms with Crippen molar-refractivity contribution < 1.29 is 13.9 Å². The van der Waals surface area contributed by atoms with Crippen molar-refractivity contribution in [3.05, 3.63) is 48.2 Å². The van der Waals surface area contributed by atoms with Crippen LogP contribution in [0.4, 0.5) is 4.39 Å². The van der Waals surface area contributed by atoms with E-state index in [2.05, 4.69) is 9.97 Å². The van der Waals surface area contributed by atoms with E-state index in [-0.39, 0.29) is 17.8 Å². The van der Waals surface area contributed by atoms with Crippen molar-refractivity contribution in [1.82, 2.24) is 14.9 Å². The van der Waals surface area contributed by atoms with Crippen LogP contribution in [0.5, 0.6) is 5.88 Å². The number of aryl methyl sites for hydroxylation is 1. The number of likely N-dealkylation sites (tertiary alicyclic amines) is 1. The molecule has 1 atom stereocenters. The summed E-state index contributed by atoms with van der Waals surface area (Å²) >= 11 is 1.41. The number of nitrogens with zero attached hydrogens (tertiary/aromatic N) is 3. The van der Waals surface area contributed by atoms with Crippen LogP contribution < -0.4 is 4.74 Å². The van der Waals surface area contributed by atoms with Crippen molar-refractivity contribution >= 4 is 17.7 Å². The number of hydrogen-bond donors (Lipinski definition) is 0. The molecule has 0 aliphatic carbocycles. The Kier molecular flexibility index (Phi) is 5.30. The predicted octanol–water partition coefficient (Wildman–Crippen LogP) is 2.70. The van der Waals surface area contributed by atoms with Crippen LogP contribution in [0.1, 0.15) is 12.2 Å². The summed E-state index contributed by atoms with van der Waals surface area (Å²) in [6.45, 7) is 3.05. The number of halogens is 1. The summed E-state index contributed by atoms with van der Waals surface area (Å²) in [6.07, 6.45) is 2.41. The van der Waals surface area contributed by atoms with Gasteiger partial charge in [-0.25, -0.2) is 9.37 Å². The van der Waals surface area contributed by atoms with E-state index in [9.17, 15) is 9.18 Å². The summed E-state index contributed by atoms with van der Waals surface area (Å²) < 4.78 is 18.7. The van der Waals surface area contributed by atoms with Crippen molar-refractivity contribution in [2.75, 3.05) is 18.8 Å². The first-order valence-corrected chi connectivity index (χ1v) is 8.71. The average Bonchev–Trinajstić information content (AvgIpc) is 3.03. The molecule has 1 fully saturated rings. The van der Waals surface area contributed by atoms with Crippen molar-refractivity contribution in [1.29, 1.82) is 0 Å². The second kappa shape index (κ2) is 7.61. The van der Waals surface area contributed by atoms with Gasteiger partial charge >= 0.3 is 0 Å². The van der Waals surface area contributed by atoms with Crippen LogP contribution in [0.3, 0.4) is 0 Å². The maximum absolute atomic E-state index is 12.9. The second-order valence-corrected chi connectivity index (χ2v) is 6.60. The molecule has 5 nitrogen and oxygen atoms in total. The lowest BCUT2D eigenvalue weighted by molar-refractivity contribution is -0.127. The number of amides is 1. The predicted molar refractivity (Wildman–Crippen MR) is 89.5 cm³/mol. The maximum atomic E-state index is 12.9. The molecule has 0 saturated carbocycles. The van der Waals surface area contributed by atoms with Gasteiger partial charge < -0.3 is 9.64 Å². The van der Waals surface area contributed by atoms with Gasteiger partial charge in [-0.15, -0.1) is 11.8 Å². The van der Waals surface area contributed by atoms with Crippen LogP contribution in [-0.4, -0.2) is 45.7 Å². The van der Waals surface area contributed by atoms with Crippen molar-refractivity contribution in [3.8, 4) is 5.88 Å². The Morgan fingerprint density at radius 1 is 1.38 bits per heavy atom. The fourth-order valence-corrected chi connectivity index (χ4v) is 3.29. The number of rotatable bonds is 5. The summed E-state index contributed by atoms with van der Waals surface area (Å²) in [6, 6.07) is 7.88. The van der Waals surface area contributed by atoms with Crippen LogP contribution in [0.25, 0.3) is 0 Å². The highest BCUT2D eigenvalue weighted by Crippen LogP contribution is 2.21. The Bertz CT molecular complexity index is 711. The quantitative estimate of drug-likeness (QED) is 0.779. The molecule has 1 unspecified atom stereocenters. The van der Waals surface area contributed by atoms with E-state index in [1.807, 2.05) is 6.92 Å². The molecule has 7 heteroatoms. The normalized spacial score (nSPS) is 17.1. The van der Waals surface area contributed by atoms with E-state index in [0.717, 1.165) is 11.3 Å². The molecule has 1 saturated heterocycles. The Hall–Kier alpha value is -2.15. The third-order valence-corrected chi connectivity index (χ3v) is 4.71. The number of carbonyl (C=O) groups is 1. The number of carbonyl (C=O) groups excluding carboxylic acids is 1. The van der Waals surface area contributed by atoms with Gasteiger partial charge in [0, 0.05) is 30.1 Å². The molecule has 24 heavy (non-hydrogen) atoms. The van der Waals surface area contributed by atoms with Gasteiger partial charge in [-0.05, 0) is 31.2 Å². The molecule has 2 heterocycles. The van der Waals surface area contributed by atoms with Gasteiger partial charge in [0.05, 0.1) is 12.3 Å². The van der Waals surface area contributed by atoms with Gasteiger partial charge in [-0.1, -0.05) is 0 Å². The number of thioether (sulfide) groups is 1. The van der Waals surface area contributed by atoms with Gasteiger partial charge in [0.2, 0.25) is 11.8 Å². The van der Waals surface area contributed by atoms with E-state index < -0.39 is 0 Å². The Labute approximate surface area is 144 Å². The zero-order valence-corrected chi connectivity index (χ0v) is 14.1. The molecular formula is C17H18FN3O2S. The van der Waals surface area contributed by atoms with E-state index in [0.29, 0.717) is 30.5 Å². The molecule has 1 amide bonds. The third-order valence-electron chi connectivity index (χ3n) is 3.71. The summed E-state index contributed by atoms with van der Waals surface area (Å²) in [5, 5.41) is 0. The largest absolute Gasteiger partial charge is 0.472 e. The highest BCUT2D eigenvalue weighted by molar-refractivity contribution is 8.00. The van der Waals surface area contributed by atoms with Gasteiger partial charge in [-0.2, -0.15) is 4.98 Å². The molecule has 0 spiro atoms. The second-order valence-electron chi connectivity index (χ2n) is 5.55. The molecule has 0 radical (unpaired) electrons. The molecule has 1 aromatic carbocycles. The van der Waals surface area contributed by atoms with E-state index in [1.54, 1.807) is 29.3 Å². The molecule has 126 valence electrons. The van der Waals surface area contributed by atoms with Crippen LogP contribution in [0.15, 0.2) is 41.4 Å². The lowest BCUT2D eigenvalue weighted by atomic mass is 10.3. The van der Waals surface area contributed by atoms with Crippen molar-refractivity contribution in [3.63, 3.8) is 0 Å². The van der Waals surface area contributed by atoms with E-state index in [4.69, 9.17) is 4.74 Å². The van der Waals surface area contributed by atoms with E-state index >= 15 is 0 Å². The number of aromatic nitrogens is 2.